The third kappa shape index (κ3) is 17.3. The number of hydrogen-bond donors (Lipinski definition) is 4. The normalized spacial score (nSPS) is 21.9. The molecule has 0 bridgehead atoms. The average molecular weight is 839 g/mol. The van der Waals surface area contributed by atoms with E-state index in [1.165, 1.54) is 0 Å². The number of esters is 2. The molecule has 0 heterocycles. The van der Waals surface area contributed by atoms with Gasteiger partial charge in [0.05, 0.1) is 0 Å². The number of nitrogens with two attached hydrogens (primary N) is 4. The van der Waals surface area contributed by atoms with Gasteiger partial charge in [0, 0.05) is 12.8 Å². The van der Waals surface area contributed by atoms with E-state index in [1.54, 1.807) is 13.8 Å². The van der Waals surface area contributed by atoms with Crippen molar-refractivity contribution in [3.05, 3.63) is 130 Å². The third-order valence-electron chi connectivity index (χ3n) is 11.1. The molecular formula is C51H74N4O6. The molecular weight excluding hydrogens is 765 g/mol. The van der Waals surface area contributed by atoms with Crippen LogP contribution >= 0.6 is 0 Å². The maximum atomic E-state index is 13.2. The van der Waals surface area contributed by atoms with Crippen LogP contribution in [0.25, 0.3) is 0 Å². The van der Waals surface area contributed by atoms with Crippen molar-refractivity contribution in [1.82, 2.24) is 0 Å². The lowest BCUT2D eigenvalue weighted by atomic mass is 9.71. The highest BCUT2D eigenvalue weighted by atomic mass is 16.6. The van der Waals surface area contributed by atoms with E-state index in [0.717, 1.165) is 46.3 Å². The van der Waals surface area contributed by atoms with Crippen LogP contribution in [0.1, 0.15) is 114 Å². The van der Waals surface area contributed by atoms with Gasteiger partial charge in [0.2, 0.25) is 0 Å². The highest BCUT2D eigenvalue weighted by Gasteiger charge is 2.41. The second kappa shape index (κ2) is 25.3. The molecule has 0 aromatic rings. The number of Topliss-reactive ketones (excluding diaryl/α,β-unsaturated/α-hetero) is 2. The summed E-state index contributed by atoms with van der Waals surface area (Å²) in [5.41, 5.74) is 29.5. The number of carbonyl (C=O) groups excluding carboxylic acids is 4. The fourth-order valence-corrected chi connectivity index (χ4v) is 7.29. The van der Waals surface area contributed by atoms with Crippen LogP contribution in [0.5, 0.6) is 0 Å². The van der Waals surface area contributed by atoms with E-state index in [9.17, 15) is 19.2 Å². The fraction of sp³-hybridized carbons (Fsp3) is 0.490. The van der Waals surface area contributed by atoms with Gasteiger partial charge in [-0.3, -0.25) is 19.2 Å². The number of ether oxygens (including phenoxy) is 2. The molecule has 0 aromatic heterocycles. The first-order chi connectivity index (χ1) is 28.6. The van der Waals surface area contributed by atoms with Gasteiger partial charge in [-0.05, 0) is 113 Å². The van der Waals surface area contributed by atoms with Crippen molar-refractivity contribution in [1.29, 1.82) is 0 Å². The molecule has 10 heteroatoms. The smallest absolute Gasteiger partial charge is 0.323 e. The lowest BCUT2D eigenvalue weighted by Crippen LogP contribution is -2.42. The second-order valence-electron chi connectivity index (χ2n) is 17.7. The maximum Gasteiger partial charge on any atom is 0.323 e. The molecule has 0 saturated heterocycles. The second-order valence-corrected chi connectivity index (χ2v) is 17.7. The first-order valence-corrected chi connectivity index (χ1v) is 21.6. The molecule has 2 aliphatic rings. The van der Waals surface area contributed by atoms with Gasteiger partial charge in [0.25, 0.3) is 0 Å². The zero-order chi connectivity index (χ0) is 45.9. The van der Waals surface area contributed by atoms with Gasteiger partial charge < -0.3 is 32.4 Å². The van der Waals surface area contributed by atoms with Crippen molar-refractivity contribution in [2.75, 3.05) is 13.1 Å². The van der Waals surface area contributed by atoms with Crippen molar-refractivity contribution in [2.45, 2.75) is 138 Å². The highest BCUT2D eigenvalue weighted by molar-refractivity contribution is 6.02. The van der Waals surface area contributed by atoms with Crippen molar-refractivity contribution in [3.8, 4) is 0 Å². The molecule has 10 nitrogen and oxygen atoms in total. The Hall–Kier alpha value is -4.74. The molecule has 2 aliphatic carbocycles. The predicted octanol–water partition coefficient (Wildman–Crippen LogP) is 8.53. The number of unbranched alkanes of at least 4 members (excludes halogenated alkanes) is 1. The lowest BCUT2D eigenvalue weighted by molar-refractivity contribution is -0.157. The van der Waals surface area contributed by atoms with Gasteiger partial charge in [-0.15, -0.1) is 0 Å². The number of hydrogen-bond acceptors (Lipinski definition) is 10. The Morgan fingerprint density at radius 3 is 1.31 bits per heavy atom. The molecule has 0 spiro atoms. The van der Waals surface area contributed by atoms with E-state index in [4.69, 9.17) is 32.4 Å². The molecule has 0 aliphatic heterocycles. The van der Waals surface area contributed by atoms with E-state index in [1.807, 2.05) is 113 Å². The standard InChI is InChI=1S/C51H74N4O6/c1-34(20-15-22-36(3)26-28-40-38(5)46(56)44(32-50(40,7)8)60-48(58)42(54)24-13-14-30-52)18-11-12-19-35(2)21-16-23-37(4)27-29-41-39(6)47(57)45(33-51(41,9)10)61-49(59)43(55)25-17-31-53/h11-12,15-16,18-23,26-29,42-45H,13-14,17,24-25,30-33,52-55H2,1-10H3/b12-11+,20-15+,21-16+,28-26+,29-27+,34-18+,35-19+,36-22+,37-23+. The maximum absolute atomic E-state index is 13.2. The number of allylic oxidation sites excluding steroid dienone is 20. The van der Waals surface area contributed by atoms with Crippen molar-refractivity contribution in [2.24, 2.45) is 33.8 Å². The lowest BCUT2D eigenvalue weighted by Gasteiger charge is -2.36. The Balaban J connectivity index is 1.97. The average Bonchev–Trinajstić information content (AvgIpc) is 3.19. The van der Waals surface area contributed by atoms with Gasteiger partial charge in [-0.25, -0.2) is 0 Å². The van der Waals surface area contributed by atoms with E-state index >= 15 is 0 Å². The van der Waals surface area contributed by atoms with Crippen LogP contribution in [0.15, 0.2) is 130 Å². The molecule has 334 valence electrons. The topological polar surface area (TPSA) is 191 Å². The summed E-state index contributed by atoms with van der Waals surface area (Å²) < 4.78 is 11.2. The van der Waals surface area contributed by atoms with Crippen LogP contribution in [0.3, 0.4) is 0 Å². The van der Waals surface area contributed by atoms with E-state index in [0.29, 0.717) is 56.3 Å². The first kappa shape index (κ1) is 52.4. The van der Waals surface area contributed by atoms with Crippen LogP contribution in [0, 0.1) is 10.8 Å². The summed E-state index contributed by atoms with van der Waals surface area (Å²) in [7, 11) is 0. The van der Waals surface area contributed by atoms with E-state index in [-0.39, 0.29) is 22.4 Å². The van der Waals surface area contributed by atoms with Crippen molar-refractivity contribution in [3.63, 3.8) is 0 Å². The van der Waals surface area contributed by atoms with Gasteiger partial charge in [0.1, 0.15) is 12.1 Å². The largest absolute Gasteiger partial charge is 0.453 e. The summed E-state index contributed by atoms with van der Waals surface area (Å²) in [6.45, 7) is 20.9. The fourth-order valence-electron chi connectivity index (χ4n) is 7.29. The third-order valence-corrected chi connectivity index (χ3v) is 11.1. The minimum Gasteiger partial charge on any atom is -0.453 e. The Labute approximate surface area is 366 Å². The van der Waals surface area contributed by atoms with Crippen molar-refractivity contribution < 1.29 is 28.7 Å². The minimum atomic E-state index is -0.845. The number of rotatable bonds is 21. The molecule has 4 unspecified atom stereocenters. The summed E-state index contributed by atoms with van der Waals surface area (Å²) in [5.74, 6) is -1.47. The molecule has 0 amide bonds. The quantitative estimate of drug-likeness (QED) is 0.0495. The Morgan fingerprint density at radius 2 is 0.934 bits per heavy atom. The van der Waals surface area contributed by atoms with E-state index < -0.39 is 36.2 Å². The molecule has 61 heavy (non-hydrogen) atoms. The molecule has 8 N–H and O–H groups in total. The molecule has 0 radical (unpaired) electrons. The highest BCUT2D eigenvalue weighted by Crippen LogP contribution is 2.42. The van der Waals surface area contributed by atoms with E-state index in [2.05, 4.69) is 27.7 Å². The summed E-state index contributed by atoms with van der Waals surface area (Å²) in [5, 5.41) is 0. The number of carbonyl (C=O) groups is 4. The van der Waals surface area contributed by atoms with Gasteiger partial charge in [-0.2, -0.15) is 0 Å². The van der Waals surface area contributed by atoms with Gasteiger partial charge in [-0.1, -0.05) is 141 Å². The Morgan fingerprint density at radius 1 is 0.590 bits per heavy atom. The minimum absolute atomic E-state index is 0.180. The molecule has 0 saturated carbocycles. The summed E-state index contributed by atoms with van der Waals surface area (Å²) in [6, 6.07) is -1.55. The summed E-state index contributed by atoms with van der Waals surface area (Å²) in [4.78, 5) is 51.4. The Bertz CT molecular complexity index is 1930. The first-order valence-electron chi connectivity index (χ1n) is 21.6. The molecule has 4 atom stereocenters. The molecule has 0 fully saturated rings. The predicted molar refractivity (Wildman–Crippen MR) is 250 cm³/mol. The monoisotopic (exact) mass is 839 g/mol. The summed E-state index contributed by atoms with van der Waals surface area (Å²) in [6.07, 6.45) is 30.3. The van der Waals surface area contributed by atoms with Crippen molar-refractivity contribution >= 4 is 23.5 Å². The van der Waals surface area contributed by atoms with Crippen LogP contribution in [-0.2, 0) is 28.7 Å². The van der Waals surface area contributed by atoms with Crippen LogP contribution in [0.2, 0.25) is 0 Å². The SMILES string of the molecule is CC1=C(/C=C/C(C)=C/C=C/C(C)=C/C=C/C=C(C)/C=C/C=C(C)/C=C/C2=C(C)C(=O)C(OC(=O)C(N)CCCCN)CC2(C)C)C(C)(C)CC(OC(=O)C(N)CCCN)C1=O. The molecule has 2 rings (SSSR count). The summed E-state index contributed by atoms with van der Waals surface area (Å²) >= 11 is 0. The zero-order valence-electron chi connectivity index (χ0n) is 38.5. The van der Waals surface area contributed by atoms with Crippen LogP contribution < -0.4 is 22.9 Å². The van der Waals surface area contributed by atoms with Crippen LogP contribution in [0.4, 0.5) is 0 Å². The van der Waals surface area contributed by atoms with Crippen LogP contribution in [-0.4, -0.2) is 60.9 Å². The Kier molecular flexibility index (Phi) is 21.7. The zero-order valence-corrected chi connectivity index (χ0v) is 38.5. The van der Waals surface area contributed by atoms with Gasteiger partial charge in [0.15, 0.2) is 23.8 Å². The van der Waals surface area contributed by atoms with Gasteiger partial charge >= 0.3 is 11.9 Å². The number of ketones is 2. The molecule has 0 aromatic carbocycles.